The molecule has 0 aromatic heterocycles. The standard InChI is InChI=1S/C18H23N5O4/c1-10(2)21-16(24)18(6-11-7-23(8-11)17(18)25)9-27-13-5-3-4-12(19)14(13)15(20)22-26/h3-6,10,26H,7-9,19H2,1-2H3,(H2,20,22)(H,21,24). The SMILES string of the molecule is CC(C)NC(=O)C1(COc2cccc(N)c2/C(N)=N\O)C=C2CN(C2)C1=O. The molecule has 27 heavy (non-hydrogen) atoms. The number of carbonyl (C=O) groups excluding carboxylic acids is 2. The molecule has 2 amide bonds. The van der Waals surface area contributed by atoms with Gasteiger partial charge in [-0.2, -0.15) is 0 Å². The molecule has 9 heteroatoms. The van der Waals surface area contributed by atoms with E-state index in [0.717, 1.165) is 5.57 Å². The van der Waals surface area contributed by atoms with Crippen LogP contribution >= 0.6 is 0 Å². The first-order valence-electron chi connectivity index (χ1n) is 8.58. The first-order valence-corrected chi connectivity index (χ1v) is 8.58. The predicted octanol–water partition coefficient (Wildman–Crippen LogP) is 0.0353. The number of nitrogens with zero attached hydrogens (tertiary/aromatic N) is 2. The highest BCUT2D eigenvalue weighted by Crippen LogP contribution is 2.37. The second-order valence-corrected chi connectivity index (χ2v) is 7.06. The summed E-state index contributed by atoms with van der Waals surface area (Å²) in [6.07, 6.45) is 1.70. The van der Waals surface area contributed by atoms with Crippen LogP contribution in [0.25, 0.3) is 0 Å². The molecule has 1 fully saturated rings. The predicted molar refractivity (Wildman–Crippen MR) is 99.2 cm³/mol. The molecule has 3 aliphatic rings. The van der Waals surface area contributed by atoms with E-state index in [0.29, 0.717) is 13.1 Å². The molecule has 0 saturated carbocycles. The fourth-order valence-electron chi connectivity index (χ4n) is 3.28. The molecule has 1 aromatic carbocycles. The van der Waals surface area contributed by atoms with Crippen molar-refractivity contribution in [1.82, 2.24) is 10.2 Å². The Morgan fingerprint density at radius 3 is 2.74 bits per heavy atom. The summed E-state index contributed by atoms with van der Waals surface area (Å²) in [7, 11) is 0. The Kier molecular flexibility index (Phi) is 4.69. The Labute approximate surface area is 156 Å². The fourth-order valence-corrected chi connectivity index (χ4v) is 3.28. The van der Waals surface area contributed by atoms with Crippen molar-refractivity contribution in [2.24, 2.45) is 16.3 Å². The summed E-state index contributed by atoms with van der Waals surface area (Å²) in [5, 5.41) is 14.8. The zero-order valence-electron chi connectivity index (χ0n) is 15.2. The average Bonchev–Trinajstić information content (AvgIpc) is 2.58. The van der Waals surface area contributed by atoms with Crippen molar-refractivity contribution in [1.29, 1.82) is 0 Å². The maximum Gasteiger partial charge on any atom is 0.246 e. The van der Waals surface area contributed by atoms with Crippen molar-refractivity contribution in [3.05, 3.63) is 35.4 Å². The Bertz CT molecular complexity index is 840. The largest absolute Gasteiger partial charge is 0.491 e. The zero-order chi connectivity index (χ0) is 19.8. The second-order valence-electron chi connectivity index (χ2n) is 7.06. The average molecular weight is 373 g/mol. The summed E-state index contributed by atoms with van der Waals surface area (Å²) in [6.45, 7) is 4.51. The molecule has 1 aromatic rings. The first kappa shape index (κ1) is 18.6. The Morgan fingerprint density at radius 1 is 1.44 bits per heavy atom. The van der Waals surface area contributed by atoms with Crippen LogP contribution in [-0.4, -0.2) is 53.5 Å². The number of anilines is 1. The number of rotatable bonds is 6. The third-order valence-corrected chi connectivity index (χ3v) is 4.61. The molecule has 4 rings (SSSR count). The lowest BCUT2D eigenvalue weighted by Gasteiger charge is -2.46. The molecule has 3 heterocycles. The number of fused-ring (bicyclic) bond motifs is 2. The van der Waals surface area contributed by atoms with Crippen LogP contribution < -0.4 is 21.5 Å². The van der Waals surface area contributed by atoms with Crippen molar-refractivity contribution in [3.8, 4) is 5.75 Å². The maximum absolute atomic E-state index is 12.9. The van der Waals surface area contributed by atoms with Gasteiger partial charge in [0.2, 0.25) is 11.8 Å². The Hall–Kier alpha value is -3.23. The molecule has 1 unspecified atom stereocenters. The minimum atomic E-state index is -1.46. The van der Waals surface area contributed by atoms with Gasteiger partial charge in [0.1, 0.15) is 12.4 Å². The molecule has 1 saturated heterocycles. The summed E-state index contributed by atoms with van der Waals surface area (Å²) in [5.41, 5.74) is 11.6. The van der Waals surface area contributed by atoms with Crippen LogP contribution in [0.2, 0.25) is 0 Å². The van der Waals surface area contributed by atoms with E-state index in [1.807, 2.05) is 13.8 Å². The number of ether oxygens (including phenoxy) is 1. The summed E-state index contributed by atoms with van der Waals surface area (Å²) in [5.74, 6) is -0.713. The topological polar surface area (TPSA) is 143 Å². The first-order chi connectivity index (χ1) is 12.8. The van der Waals surface area contributed by atoms with Gasteiger partial charge in [-0.3, -0.25) is 9.59 Å². The molecule has 0 spiro atoms. The monoisotopic (exact) mass is 373 g/mol. The number of nitrogen functional groups attached to an aromatic ring is 1. The van der Waals surface area contributed by atoms with Gasteiger partial charge in [0.25, 0.3) is 0 Å². The number of oxime groups is 1. The molecule has 0 aliphatic carbocycles. The molecular formula is C18H23N5O4. The number of amides is 2. The van der Waals surface area contributed by atoms with Crippen LogP contribution in [-0.2, 0) is 9.59 Å². The second kappa shape index (κ2) is 6.82. The Balaban J connectivity index is 1.94. The van der Waals surface area contributed by atoms with Crippen molar-refractivity contribution in [3.63, 3.8) is 0 Å². The summed E-state index contributed by atoms with van der Waals surface area (Å²) >= 11 is 0. The summed E-state index contributed by atoms with van der Waals surface area (Å²) in [6, 6.07) is 4.67. The third kappa shape index (κ3) is 3.16. The van der Waals surface area contributed by atoms with E-state index in [1.54, 1.807) is 29.2 Å². The molecule has 3 aliphatic heterocycles. The minimum Gasteiger partial charge on any atom is -0.491 e. The van der Waals surface area contributed by atoms with Crippen molar-refractivity contribution in [2.75, 3.05) is 25.4 Å². The van der Waals surface area contributed by atoms with Crippen LogP contribution in [0.4, 0.5) is 5.69 Å². The normalized spacial score (nSPS) is 21.6. The van der Waals surface area contributed by atoms with Gasteiger partial charge >= 0.3 is 0 Å². The van der Waals surface area contributed by atoms with Gasteiger partial charge in [0, 0.05) is 24.8 Å². The Morgan fingerprint density at radius 2 is 2.15 bits per heavy atom. The van der Waals surface area contributed by atoms with E-state index in [4.69, 9.17) is 21.4 Å². The maximum atomic E-state index is 12.9. The molecule has 6 N–H and O–H groups in total. The van der Waals surface area contributed by atoms with Crippen molar-refractivity contribution < 1.29 is 19.5 Å². The highest BCUT2D eigenvalue weighted by atomic mass is 16.5. The third-order valence-electron chi connectivity index (χ3n) is 4.61. The number of hydrogen-bond donors (Lipinski definition) is 4. The molecular weight excluding hydrogens is 350 g/mol. The van der Waals surface area contributed by atoms with E-state index in [1.165, 1.54) is 0 Å². The molecule has 9 nitrogen and oxygen atoms in total. The van der Waals surface area contributed by atoms with E-state index < -0.39 is 11.3 Å². The van der Waals surface area contributed by atoms with Crippen molar-refractivity contribution >= 4 is 23.3 Å². The van der Waals surface area contributed by atoms with Gasteiger partial charge in [-0.25, -0.2) is 0 Å². The number of nitrogens with one attached hydrogen (secondary N) is 1. The fraction of sp³-hybridized carbons (Fsp3) is 0.389. The van der Waals surface area contributed by atoms with E-state index >= 15 is 0 Å². The number of nitrogens with two attached hydrogens (primary N) is 2. The number of hydrogen-bond acceptors (Lipinski definition) is 6. The van der Waals surface area contributed by atoms with Crippen LogP contribution in [0.5, 0.6) is 5.75 Å². The van der Waals surface area contributed by atoms with Crippen LogP contribution in [0.1, 0.15) is 19.4 Å². The number of amidine groups is 1. The van der Waals surface area contributed by atoms with E-state index in [9.17, 15) is 9.59 Å². The highest BCUT2D eigenvalue weighted by Gasteiger charge is 2.53. The molecule has 144 valence electrons. The number of benzene rings is 1. The molecule has 1 atom stereocenters. The number of carbonyl (C=O) groups is 2. The van der Waals surface area contributed by atoms with Gasteiger partial charge in [-0.05, 0) is 31.6 Å². The summed E-state index contributed by atoms with van der Waals surface area (Å²) < 4.78 is 5.82. The van der Waals surface area contributed by atoms with E-state index in [-0.39, 0.29) is 41.4 Å². The lowest BCUT2D eigenvalue weighted by molar-refractivity contribution is -0.152. The minimum absolute atomic E-state index is 0.131. The van der Waals surface area contributed by atoms with Gasteiger partial charge < -0.3 is 31.6 Å². The molecule has 0 radical (unpaired) electrons. The summed E-state index contributed by atoms with van der Waals surface area (Å²) in [4.78, 5) is 27.4. The van der Waals surface area contributed by atoms with Crippen LogP contribution in [0.3, 0.4) is 0 Å². The van der Waals surface area contributed by atoms with E-state index in [2.05, 4.69) is 10.5 Å². The molecule has 2 bridgehead atoms. The lowest BCUT2D eigenvalue weighted by Crippen LogP contribution is -2.63. The van der Waals surface area contributed by atoms with Crippen LogP contribution in [0, 0.1) is 5.41 Å². The van der Waals surface area contributed by atoms with Gasteiger partial charge in [-0.1, -0.05) is 17.3 Å². The van der Waals surface area contributed by atoms with Crippen molar-refractivity contribution in [2.45, 2.75) is 19.9 Å². The van der Waals surface area contributed by atoms with Crippen LogP contribution in [0.15, 0.2) is 35.0 Å². The van der Waals surface area contributed by atoms with Gasteiger partial charge in [-0.15, -0.1) is 0 Å². The highest BCUT2D eigenvalue weighted by molar-refractivity contribution is 6.09. The van der Waals surface area contributed by atoms with Gasteiger partial charge in [0.05, 0.1) is 5.56 Å². The smallest absolute Gasteiger partial charge is 0.246 e. The van der Waals surface area contributed by atoms with Gasteiger partial charge in [0.15, 0.2) is 11.3 Å². The zero-order valence-corrected chi connectivity index (χ0v) is 15.2. The lowest BCUT2D eigenvalue weighted by atomic mass is 9.77. The quantitative estimate of drug-likeness (QED) is 0.105.